The highest BCUT2D eigenvalue weighted by atomic mass is 16.2. The first-order valence-corrected chi connectivity index (χ1v) is 11.1. The highest BCUT2D eigenvalue weighted by molar-refractivity contribution is 5.84. The first-order chi connectivity index (χ1) is 15.8. The fourth-order valence-corrected chi connectivity index (χ4v) is 3.37. The molecular weight excluding hydrogens is 414 g/mol. The molecule has 3 rings (SSSR count). The summed E-state index contributed by atoms with van der Waals surface area (Å²) in [5, 5.41) is 18.5. The molecule has 0 aliphatic carbocycles. The van der Waals surface area contributed by atoms with E-state index < -0.39 is 6.04 Å². The van der Waals surface area contributed by atoms with E-state index in [4.69, 9.17) is 5.26 Å². The predicted molar refractivity (Wildman–Crippen MR) is 130 cm³/mol. The molecule has 3 N–H and O–H groups in total. The predicted octanol–water partition coefficient (Wildman–Crippen LogP) is 4.10. The second-order valence-corrected chi connectivity index (χ2v) is 9.04. The third-order valence-electron chi connectivity index (χ3n) is 4.92. The number of nitrogens with zero attached hydrogens (tertiary/aromatic N) is 4. The van der Waals surface area contributed by atoms with Gasteiger partial charge in [0.25, 0.3) is 0 Å². The Balaban J connectivity index is 1.80. The first kappa shape index (κ1) is 23.8. The molecule has 172 valence electrons. The molecule has 2 aromatic heterocycles. The fourth-order valence-electron chi connectivity index (χ4n) is 3.37. The van der Waals surface area contributed by atoms with Crippen LogP contribution in [0.1, 0.15) is 45.2 Å². The summed E-state index contributed by atoms with van der Waals surface area (Å²) in [4.78, 5) is 22.3. The smallest absolute Gasteiger partial charge is 0.242 e. The molecule has 8 heteroatoms. The average Bonchev–Trinajstić information content (AvgIpc) is 3.32. The lowest BCUT2D eigenvalue weighted by atomic mass is 9.87. The van der Waals surface area contributed by atoms with Crippen molar-refractivity contribution >= 4 is 17.7 Å². The van der Waals surface area contributed by atoms with Crippen LogP contribution in [0.25, 0.3) is 5.82 Å². The molecule has 3 aromatic rings. The van der Waals surface area contributed by atoms with Crippen LogP contribution in [0.15, 0.2) is 54.9 Å². The number of amides is 1. The monoisotopic (exact) mass is 445 g/mol. The number of nitriles is 1. The standard InChI is InChI=1S/C25H31N7O/c1-5-27-24-30-21(14-22(31-24)32-12-6-7-13-32)29-20(15-25(2,3)4)23(33)28-17-19-10-8-18(16-26)9-11-19/h6-14,20H,5,15,17H2,1-4H3,(H,28,33)(H2,27,29,30,31)/t20-/m1/s1. The molecule has 8 nitrogen and oxygen atoms in total. The summed E-state index contributed by atoms with van der Waals surface area (Å²) in [6.07, 6.45) is 4.45. The lowest BCUT2D eigenvalue weighted by molar-refractivity contribution is -0.122. The Bertz CT molecular complexity index is 1090. The van der Waals surface area contributed by atoms with Crippen molar-refractivity contribution in [2.75, 3.05) is 17.2 Å². The van der Waals surface area contributed by atoms with E-state index in [-0.39, 0.29) is 11.3 Å². The lowest BCUT2D eigenvalue weighted by Gasteiger charge is -2.27. The summed E-state index contributed by atoms with van der Waals surface area (Å²) < 4.78 is 1.90. The van der Waals surface area contributed by atoms with Crippen LogP contribution in [0.2, 0.25) is 0 Å². The molecule has 1 amide bonds. The zero-order valence-corrected chi connectivity index (χ0v) is 19.6. The van der Waals surface area contributed by atoms with Gasteiger partial charge in [0.15, 0.2) is 0 Å². The van der Waals surface area contributed by atoms with Gasteiger partial charge >= 0.3 is 0 Å². The zero-order chi connectivity index (χ0) is 23.8. The van der Waals surface area contributed by atoms with Gasteiger partial charge in [0.1, 0.15) is 17.7 Å². The Kier molecular flexibility index (Phi) is 7.67. The summed E-state index contributed by atoms with van der Waals surface area (Å²) >= 11 is 0. The summed E-state index contributed by atoms with van der Waals surface area (Å²) in [5.41, 5.74) is 1.45. The Morgan fingerprint density at radius 1 is 1.15 bits per heavy atom. The zero-order valence-electron chi connectivity index (χ0n) is 19.6. The van der Waals surface area contributed by atoms with Gasteiger partial charge in [-0.2, -0.15) is 15.2 Å². The molecule has 0 bridgehead atoms. The third kappa shape index (κ3) is 7.07. The normalized spacial score (nSPS) is 12.0. The van der Waals surface area contributed by atoms with Gasteiger partial charge in [-0.1, -0.05) is 32.9 Å². The topological polar surface area (TPSA) is 108 Å². The van der Waals surface area contributed by atoms with Crippen molar-refractivity contribution in [3.05, 3.63) is 66.0 Å². The molecule has 0 saturated carbocycles. The second kappa shape index (κ2) is 10.6. The molecule has 0 spiro atoms. The molecule has 2 heterocycles. The van der Waals surface area contributed by atoms with Crippen LogP contribution >= 0.6 is 0 Å². The Hall–Kier alpha value is -3.86. The van der Waals surface area contributed by atoms with E-state index in [0.29, 0.717) is 42.7 Å². The second-order valence-electron chi connectivity index (χ2n) is 9.04. The molecule has 1 atom stereocenters. The highest BCUT2D eigenvalue weighted by Gasteiger charge is 2.25. The molecule has 0 aliphatic heterocycles. The third-order valence-corrected chi connectivity index (χ3v) is 4.92. The fraction of sp³-hybridized carbons (Fsp3) is 0.360. The lowest BCUT2D eigenvalue weighted by Crippen LogP contribution is -2.41. The highest BCUT2D eigenvalue weighted by Crippen LogP contribution is 2.24. The van der Waals surface area contributed by atoms with E-state index in [0.717, 1.165) is 5.56 Å². The van der Waals surface area contributed by atoms with Crippen molar-refractivity contribution in [1.29, 1.82) is 5.26 Å². The minimum absolute atomic E-state index is 0.0791. The first-order valence-electron chi connectivity index (χ1n) is 11.1. The summed E-state index contributed by atoms with van der Waals surface area (Å²) in [5.74, 6) is 1.67. The van der Waals surface area contributed by atoms with E-state index in [9.17, 15) is 4.79 Å². The van der Waals surface area contributed by atoms with Gasteiger partial charge in [-0.3, -0.25) is 4.79 Å². The molecule has 33 heavy (non-hydrogen) atoms. The maximum absolute atomic E-state index is 13.2. The van der Waals surface area contributed by atoms with Crippen LogP contribution in [0.4, 0.5) is 11.8 Å². The van der Waals surface area contributed by atoms with E-state index in [1.54, 1.807) is 12.1 Å². The number of benzene rings is 1. The van der Waals surface area contributed by atoms with Gasteiger partial charge < -0.3 is 20.5 Å². The van der Waals surface area contributed by atoms with Gasteiger partial charge in [-0.05, 0) is 48.6 Å². The minimum Gasteiger partial charge on any atom is -0.358 e. The van der Waals surface area contributed by atoms with E-state index in [1.165, 1.54) is 0 Å². The van der Waals surface area contributed by atoms with Crippen LogP contribution in [-0.4, -0.2) is 33.0 Å². The SMILES string of the molecule is CCNc1nc(N[C@H](CC(C)(C)C)C(=O)NCc2ccc(C#N)cc2)cc(-n2cccc2)n1. The molecule has 0 fully saturated rings. The molecular formula is C25H31N7O. The van der Waals surface area contributed by atoms with Crippen molar-refractivity contribution in [3.8, 4) is 11.9 Å². The summed E-state index contributed by atoms with van der Waals surface area (Å²) in [7, 11) is 0. The molecule has 0 unspecified atom stereocenters. The van der Waals surface area contributed by atoms with Crippen LogP contribution in [0.5, 0.6) is 0 Å². The number of nitrogens with one attached hydrogen (secondary N) is 3. The quantitative estimate of drug-likeness (QED) is 0.458. The Labute approximate surface area is 195 Å². The van der Waals surface area contributed by atoms with Crippen molar-refractivity contribution in [2.24, 2.45) is 5.41 Å². The van der Waals surface area contributed by atoms with Gasteiger partial charge in [0, 0.05) is 31.5 Å². The Morgan fingerprint density at radius 2 is 1.85 bits per heavy atom. The van der Waals surface area contributed by atoms with E-state index >= 15 is 0 Å². The number of hydrogen-bond donors (Lipinski definition) is 3. The number of rotatable bonds is 9. The maximum Gasteiger partial charge on any atom is 0.242 e. The number of aromatic nitrogens is 3. The van der Waals surface area contributed by atoms with Gasteiger partial charge in [0.05, 0.1) is 11.6 Å². The van der Waals surface area contributed by atoms with Crippen molar-refractivity contribution in [1.82, 2.24) is 19.9 Å². The average molecular weight is 446 g/mol. The minimum atomic E-state index is -0.481. The van der Waals surface area contributed by atoms with Crippen LogP contribution < -0.4 is 16.0 Å². The van der Waals surface area contributed by atoms with E-state index in [1.807, 2.05) is 54.2 Å². The molecule has 0 aliphatic rings. The maximum atomic E-state index is 13.2. The van der Waals surface area contributed by atoms with Crippen molar-refractivity contribution < 1.29 is 4.79 Å². The number of carbonyl (C=O) groups is 1. The molecule has 1 aromatic carbocycles. The molecule has 0 radical (unpaired) electrons. The van der Waals surface area contributed by atoms with Gasteiger partial charge in [-0.25, -0.2) is 0 Å². The van der Waals surface area contributed by atoms with Gasteiger partial charge in [-0.15, -0.1) is 0 Å². The van der Waals surface area contributed by atoms with Crippen molar-refractivity contribution in [3.63, 3.8) is 0 Å². The summed E-state index contributed by atoms with van der Waals surface area (Å²) in [6.45, 7) is 9.36. The Morgan fingerprint density at radius 3 is 2.45 bits per heavy atom. The van der Waals surface area contributed by atoms with Crippen LogP contribution in [0.3, 0.4) is 0 Å². The largest absolute Gasteiger partial charge is 0.358 e. The van der Waals surface area contributed by atoms with Crippen molar-refractivity contribution in [2.45, 2.75) is 46.7 Å². The number of hydrogen-bond acceptors (Lipinski definition) is 6. The van der Waals surface area contributed by atoms with Crippen LogP contribution in [-0.2, 0) is 11.3 Å². The summed E-state index contributed by atoms with van der Waals surface area (Å²) in [6, 6.07) is 14.5. The number of anilines is 2. The number of carbonyl (C=O) groups excluding carboxylic acids is 1. The van der Waals surface area contributed by atoms with Gasteiger partial charge in [0.2, 0.25) is 11.9 Å². The van der Waals surface area contributed by atoms with Crippen LogP contribution in [0, 0.1) is 16.7 Å². The van der Waals surface area contributed by atoms with E-state index in [2.05, 4.69) is 52.8 Å². The molecule has 0 saturated heterocycles.